The highest BCUT2D eigenvalue weighted by Gasteiger charge is 2.56. The number of rotatable bonds is 6. The number of aliphatic hydroxyl groups is 1. The molecule has 1 saturated heterocycles. The molecule has 13 heteroatoms. The Hall–Kier alpha value is -1.99. The summed E-state index contributed by atoms with van der Waals surface area (Å²) in [6.45, 7) is 1.32. The highest BCUT2D eigenvalue weighted by molar-refractivity contribution is 8.00. The molecule has 4 heterocycles. The van der Waals surface area contributed by atoms with Crippen molar-refractivity contribution in [3.05, 3.63) is 23.9 Å². The molecule has 194 valence electrons. The van der Waals surface area contributed by atoms with E-state index in [4.69, 9.17) is 9.97 Å². The van der Waals surface area contributed by atoms with Gasteiger partial charge in [-0.05, 0) is 56.7 Å². The quantitative estimate of drug-likeness (QED) is 0.530. The molecule has 2 saturated carbocycles. The fourth-order valence-electron chi connectivity index (χ4n) is 5.35. The average molecular weight is 541 g/mol. The van der Waals surface area contributed by atoms with Crippen LogP contribution in [0, 0.1) is 0 Å². The Balaban J connectivity index is 1.19. The molecule has 2 aliphatic heterocycles. The average Bonchev–Trinajstić information content (AvgIpc) is 3.55. The number of thioether (sulfide) groups is 1. The number of aliphatic hydroxyl groups excluding tert-OH is 1. The van der Waals surface area contributed by atoms with Crippen LogP contribution in [-0.2, 0) is 17.2 Å². The maximum absolute atomic E-state index is 13.3. The zero-order valence-electron chi connectivity index (χ0n) is 19.6. The van der Waals surface area contributed by atoms with Crippen LogP contribution in [0.4, 0.5) is 24.9 Å². The zero-order chi connectivity index (χ0) is 25.1. The monoisotopic (exact) mass is 540 g/mol. The van der Waals surface area contributed by atoms with Crippen molar-refractivity contribution < 1.29 is 22.5 Å². The van der Waals surface area contributed by atoms with Gasteiger partial charge in [-0.25, -0.2) is 15.0 Å². The smallest absolute Gasteiger partial charge is 0.394 e. The largest absolute Gasteiger partial charge is 0.446 e. The number of piperidine rings is 1. The fraction of sp³-hybridized carbons (Fsp3) is 0.652. The molecule has 36 heavy (non-hydrogen) atoms. The number of fused-ring (bicyclic) bond motifs is 1. The van der Waals surface area contributed by atoms with Crippen molar-refractivity contribution in [3.63, 3.8) is 0 Å². The van der Waals surface area contributed by atoms with Gasteiger partial charge in [0.2, 0.25) is 5.95 Å². The molecule has 2 aromatic heterocycles. The predicted molar refractivity (Wildman–Crippen MR) is 130 cm³/mol. The van der Waals surface area contributed by atoms with Gasteiger partial charge < -0.3 is 15.3 Å². The third kappa shape index (κ3) is 4.47. The Morgan fingerprint density at radius 2 is 1.83 bits per heavy atom. The molecule has 0 aromatic carbocycles. The molecule has 3 fully saturated rings. The molecule has 2 aliphatic carbocycles. The predicted octanol–water partition coefficient (Wildman–Crippen LogP) is 3.79. The molecule has 0 bridgehead atoms. The Kier molecular flexibility index (Phi) is 5.95. The number of alkyl halides is 3. The van der Waals surface area contributed by atoms with E-state index in [1.54, 1.807) is 0 Å². The lowest BCUT2D eigenvalue weighted by atomic mass is 9.77. The first kappa shape index (κ1) is 24.4. The van der Waals surface area contributed by atoms with Gasteiger partial charge in [-0.15, -0.1) is 0 Å². The number of hydrogen-bond donors (Lipinski definition) is 2. The first-order valence-electron chi connectivity index (χ1n) is 12.2. The highest BCUT2D eigenvalue weighted by atomic mass is 32.2. The Morgan fingerprint density at radius 3 is 2.39 bits per heavy atom. The van der Waals surface area contributed by atoms with Crippen molar-refractivity contribution in [1.29, 1.82) is 0 Å². The van der Waals surface area contributed by atoms with E-state index in [2.05, 4.69) is 20.2 Å². The van der Waals surface area contributed by atoms with Gasteiger partial charge in [-0.3, -0.25) is 4.21 Å². The zero-order valence-corrected chi connectivity index (χ0v) is 21.2. The second kappa shape index (κ2) is 8.80. The van der Waals surface area contributed by atoms with Gasteiger partial charge in [-0.2, -0.15) is 18.2 Å². The second-order valence-corrected chi connectivity index (χ2v) is 13.2. The molecule has 1 spiro atoms. The van der Waals surface area contributed by atoms with Gasteiger partial charge >= 0.3 is 5.51 Å². The summed E-state index contributed by atoms with van der Waals surface area (Å²) in [7, 11) is -1.15. The van der Waals surface area contributed by atoms with E-state index in [0.29, 0.717) is 42.0 Å². The molecule has 0 amide bonds. The van der Waals surface area contributed by atoms with Crippen LogP contribution in [0.25, 0.3) is 0 Å². The first-order chi connectivity index (χ1) is 17.2. The van der Waals surface area contributed by atoms with E-state index in [-0.39, 0.29) is 33.9 Å². The number of nitrogens with zero attached hydrogens (tertiary/aromatic N) is 5. The Bertz CT molecular complexity index is 1170. The summed E-state index contributed by atoms with van der Waals surface area (Å²) in [5.41, 5.74) is -3.93. The van der Waals surface area contributed by atoms with Crippen molar-refractivity contribution in [2.75, 3.05) is 29.9 Å². The van der Waals surface area contributed by atoms with Crippen molar-refractivity contribution >= 4 is 34.3 Å². The molecule has 2 aromatic rings. The number of anilines is 2. The summed E-state index contributed by atoms with van der Waals surface area (Å²) in [5, 5.41) is 13.4. The van der Waals surface area contributed by atoms with Crippen LogP contribution < -0.4 is 10.2 Å². The van der Waals surface area contributed by atoms with Gasteiger partial charge in [0.1, 0.15) is 16.5 Å². The maximum Gasteiger partial charge on any atom is 0.446 e. The molecule has 1 atom stereocenters. The molecule has 0 unspecified atom stereocenters. The standard InChI is InChI=1S/C23H27F3N6O2S2/c24-23(25,26)35-15-11-27-18(28-12-15)14-2-8-32(9-3-14)20-29-16-10-22(6-7-22)36(34)17(16)19(30-20)31-21(13-33)4-1-5-21/h11-12,14,33H,1-10,13H2,(H,29,30,31)/t36-/m1/s1. The lowest BCUT2D eigenvalue weighted by Crippen LogP contribution is -2.49. The summed E-state index contributed by atoms with van der Waals surface area (Å²) in [4.78, 5) is 20.8. The lowest BCUT2D eigenvalue weighted by molar-refractivity contribution is -0.0328. The van der Waals surface area contributed by atoms with Crippen LogP contribution in [0.2, 0.25) is 0 Å². The molecule has 8 nitrogen and oxygen atoms in total. The van der Waals surface area contributed by atoms with E-state index < -0.39 is 21.8 Å². The minimum atomic E-state index is -4.36. The van der Waals surface area contributed by atoms with E-state index in [1.165, 1.54) is 12.4 Å². The lowest BCUT2D eigenvalue weighted by Gasteiger charge is -2.42. The summed E-state index contributed by atoms with van der Waals surface area (Å²) < 4.78 is 50.8. The first-order valence-corrected chi connectivity index (χ1v) is 14.2. The van der Waals surface area contributed by atoms with E-state index >= 15 is 0 Å². The van der Waals surface area contributed by atoms with E-state index in [0.717, 1.165) is 50.6 Å². The molecular formula is C23H27F3N6O2S2. The second-order valence-electron chi connectivity index (χ2n) is 10.3. The van der Waals surface area contributed by atoms with Crippen LogP contribution in [0.3, 0.4) is 0 Å². The number of aromatic nitrogens is 4. The minimum absolute atomic E-state index is 0.00451. The number of halogens is 3. The summed E-state index contributed by atoms with van der Waals surface area (Å²) in [6.07, 6.45) is 9.21. The summed E-state index contributed by atoms with van der Waals surface area (Å²) in [6, 6.07) is 0. The van der Waals surface area contributed by atoms with Gasteiger partial charge in [-0.1, -0.05) is 0 Å². The summed E-state index contributed by atoms with van der Waals surface area (Å²) >= 11 is -0.213. The molecular weight excluding hydrogens is 513 g/mol. The topological polar surface area (TPSA) is 104 Å². The van der Waals surface area contributed by atoms with E-state index in [9.17, 15) is 22.5 Å². The van der Waals surface area contributed by atoms with Crippen molar-refractivity contribution in [3.8, 4) is 0 Å². The summed E-state index contributed by atoms with van der Waals surface area (Å²) in [5.74, 6) is 1.79. The van der Waals surface area contributed by atoms with Crippen LogP contribution in [0.5, 0.6) is 0 Å². The highest BCUT2D eigenvalue weighted by Crippen LogP contribution is 2.54. The van der Waals surface area contributed by atoms with Crippen molar-refractivity contribution in [2.45, 2.75) is 82.9 Å². The SMILES string of the molecule is O=[S@@]1c2c(nc(N3CCC(c4ncc(SC(F)(F)F)cn4)CC3)nc2NC2(CO)CCC2)CC12CC2. The molecule has 4 aliphatic rings. The number of nitrogens with one attached hydrogen (secondary N) is 1. The Morgan fingerprint density at radius 1 is 1.14 bits per heavy atom. The van der Waals surface area contributed by atoms with Gasteiger partial charge in [0, 0.05) is 37.8 Å². The fourth-order valence-corrected chi connectivity index (χ4v) is 7.61. The van der Waals surface area contributed by atoms with Gasteiger partial charge in [0.15, 0.2) is 0 Å². The van der Waals surface area contributed by atoms with Crippen molar-refractivity contribution in [2.24, 2.45) is 0 Å². The van der Waals surface area contributed by atoms with Crippen LogP contribution in [0.1, 0.15) is 62.4 Å². The van der Waals surface area contributed by atoms with Crippen LogP contribution in [-0.4, -0.2) is 64.7 Å². The maximum atomic E-state index is 13.3. The van der Waals surface area contributed by atoms with Gasteiger partial charge in [0.05, 0.1) is 38.3 Å². The van der Waals surface area contributed by atoms with Crippen LogP contribution in [0.15, 0.2) is 22.2 Å². The van der Waals surface area contributed by atoms with Gasteiger partial charge in [0.25, 0.3) is 0 Å². The molecule has 0 radical (unpaired) electrons. The van der Waals surface area contributed by atoms with Crippen LogP contribution >= 0.6 is 11.8 Å². The van der Waals surface area contributed by atoms with E-state index in [1.807, 2.05) is 0 Å². The minimum Gasteiger partial charge on any atom is -0.394 e. The Labute approximate surface area is 213 Å². The molecule has 6 rings (SSSR count). The van der Waals surface area contributed by atoms with Crippen molar-refractivity contribution in [1.82, 2.24) is 19.9 Å². The molecule has 2 N–H and O–H groups in total. The third-order valence-electron chi connectivity index (χ3n) is 7.82. The third-order valence-corrected chi connectivity index (χ3v) is 10.6. The normalized spacial score (nSPS) is 24.4. The number of hydrogen-bond acceptors (Lipinski definition) is 9.